The second-order valence-electron chi connectivity index (χ2n) is 8.29. The van der Waals surface area contributed by atoms with Crippen LogP contribution in [0.3, 0.4) is 0 Å². The van der Waals surface area contributed by atoms with Gasteiger partial charge in [0.1, 0.15) is 0 Å². The maximum atomic E-state index is 6.27. The van der Waals surface area contributed by atoms with E-state index in [0.717, 1.165) is 25.0 Å². The van der Waals surface area contributed by atoms with Crippen LogP contribution >= 0.6 is 0 Å². The Labute approximate surface area is 137 Å². The fourth-order valence-electron chi connectivity index (χ4n) is 4.73. The Morgan fingerprint density at radius 2 is 1.50 bits per heavy atom. The van der Waals surface area contributed by atoms with Crippen molar-refractivity contribution in [3.63, 3.8) is 0 Å². The molecule has 0 spiro atoms. The Morgan fingerprint density at radius 1 is 0.727 bits per heavy atom. The fourth-order valence-corrected chi connectivity index (χ4v) is 4.73. The smallest absolute Gasteiger partial charge is 0.0625 e. The minimum atomic E-state index is 0.485. The van der Waals surface area contributed by atoms with Gasteiger partial charge in [-0.2, -0.15) is 0 Å². The van der Waals surface area contributed by atoms with Gasteiger partial charge in [0.2, 0.25) is 0 Å². The van der Waals surface area contributed by atoms with Crippen molar-refractivity contribution in [1.82, 2.24) is 0 Å². The van der Waals surface area contributed by atoms with Gasteiger partial charge in [0.25, 0.3) is 0 Å². The summed E-state index contributed by atoms with van der Waals surface area (Å²) in [5, 5.41) is 0. The molecule has 1 unspecified atom stereocenters. The molecule has 22 heavy (non-hydrogen) atoms. The molecule has 0 aromatic heterocycles. The van der Waals surface area contributed by atoms with Crippen LogP contribution in [-0.2, 0) is 9.47 Å². The van der Waals surface area contributed by atoms with Crippen molar-refractivity contribution in [2.75, 3.05) is 13.2 Å². The second-order valence-corrected chi connectivity index (χ2v) is 8.29. The molecule has 2 heterocycles. The van der Waals surface area contributed by atoms with E-state index in [0.29, 0.717) is 18.1 Å². The zero-order valence-electron chi connectivity index (χ0n) is 14.6. The summed E-state index contributed by atoms with van der Waals surface area (Å²) in [5.74, 6) is 2.36. The maximum absolute atomic E-state index is 6.27. The third-order valence-corrected chi connectivity index (χ3v) is 6.29. The first kappa shape index (κ1) is 16.8. The molecular formula is C20H36O2. The van der Waals surface area contributed by atoms with Crippen LogP contribution in [0.2, 0.25) is 0 Å². The zero-order chi connectivity index (χ0) is 15.2. The van der Waals surface area contributed by atoms with Crippen molar-refractivity contribution in [1.29, 1.82) is 0 Å². The Kier molecular flexibility index (Phi) is 6.62. The molecule has 0 aromatic rings. The predicted octanol–water partition coefficient (Wildman–Crippen LogP) is 5.35. The lowest BCUT2D eigenvalue weighted by molar-refractivity contribution is -0.105. The van der Waals surface area contributed by atoms with E-state index < -0.39 is 0 Å². The average Bonchev–Trinajstić information content (AvgIpc) is 2.51. The van der Waals surface area contributed by atoms with Crippen LogP contribution in [0.4, 0.5) is 0 Å². The molecule has 0 aromatic carbocycles. The molecule has 0 N–H and O–H groups in total. The van der Waals surface area contributed by atoms with Crippen molar-refractivity contribution in [3.8, 4) is 0 Å². The van der Waals surface area contributed by atoms with Gasteiger partial charge in [0.05, 0.1) is 18.8 Å². The van der Waals surface area contributed by atoms with Gasteiger partial charge < -0.3 is 9.47 Å². The van der Waals surface area contributed by atoms with Gasteiger partial charge in [0, 0.05) is 12.5 Å². The lowest BCUT2D eigenvalue weighted by atomic mass is 9.83. The van der Waals surface area contributed by atoms with Gasteiger partial charge in [-0.1, -0.05) is 51.9 Å². The predicted molar refractivity (Wildman–Crippen MR) is 91.0 cm³/mol. The topological polar surface area (TPSA) is 18.5 Å². The van der Waals surface area contributed by atoms with Crippen molar-refractivity contribution >= 4 is 0 Å². The van der Waals surface area contributed by atoms with Crippen LogP contribution in [0.15, 0.2) is 0 Å². The molecule has 1 aliphatic carbocycles. The van der Waals surface area contributed by atoms with Crippen LogP contribution in [0.1, 0.15) is 84.0 Å². The van der Waals surface area contributed by atoms with E-state index in [1.165, 1.54) is 77.0 Å². The highest BCUT2D eigenvalue weighted by molar-refractivity contribution is 4.81. The van der Waals surface area contributed by atoms with E-state index in [-0.39, 0.29) is 0 Å². The summed E-state index contributed by atoms with van der Waals surface area (Å²) in [6.07, 6.45) is 17.7. The minimum absolute atomic E-state index is 0.485. The minimum Gasteiger partial charge on any atom is -0.378 e. The number of hydrogen-bond acceptors (Lipinski definition) is 2. The molecule has 2 nitrogen and oxygen atoms in total. The van der Waals surface area contributed by atoms with E-state index >= 15 is 0 Å². The van der Waals surface area contributed by atoms with Crippen molar-refractivity contribution in [3.05, 3.63) is 0 Å². The molecule has 4 atom stereocenters. The SMILES string of the molecule is C[C@H]1CC[C@@H]([C@@H]2CCC(CC3CCCCCCC3)OC2)OC1. The quantitative estimate of drug-likeness (QED) is 0.700. The maximum Gasteiger partial charge on any atom is 0.0625 e. The first-order chi connectivity index (χ1) is 10.8. The third-order valence-electron chi connectivity index (χ3n) is 6.29. The van der Waals surface area contributed by atoms with Gasteiger partial charge in [-0.3, -0.25) is 0 Å². The molecule has 128 valence electrons. The normalized spacial score (nSPS) is 39.1. The van der Waals surface area contributed by atoms with Crippen LogP contribution in [-0.4, -0.2) is 25.4 Å². The zero-order valence-corrected chi connectivity index (χ0v) is 14.6. The molecule has 3 rings (SSSR count). The number of hydrogen-bond donors (Lipinski definition) is 0. The molecule has 2 heteroatoms. The van der Waals surface area contributed by atoms with Crippen molar-refractivity contribution in [2.45, 2.75) is 96.2 Å². The summed E-state index contributed by atoms with van der Waals surface area (Å²) in [6.45, 7) is 4.22. The Bertz CT molecular complexity index is 293. The first-order valence-electron chi connectivity index (χ1n) is 10.0. The molecule has 0 radical (unpaired) electrons. The summed E-state index contributed by atoms with van der Waals surface area (Å²) in [4.78, 5) is 0. The monoisotopic (exact) mass is 308 g/mol. The van der Waals surface area contributed by atoms with Gasteiger partial charge in [-0.05, 0) is 43.9 Å². The Hall–Kier alpha value is -0.0800. The highest BCUT2D eigenvalue weighted by Gasteiger charge is 2.32. The summed E-state index contributed by atoms with van der Waals surface area (Å²) in [6, 6.07) is 0. The van der Waals surface area contributed by atoms with Crippen LogP contribution in [0.5, 0.6) is 0 Å². The highest BCUT2D eigenvalue weighted by atomic mass is 16.5. The Balaban J connectivity index is 1.37. The van der Waals surface area contributed by atoms with E-state index in [1.54, 1.807) is 0 Å². The van der Waals surface area contributed by atoms with Gasteiger partial charge >= 0.3 is 0 Å². The summed E-state index contributed by atoms with van der Waals surface area (Å²) < 4.78 is 12.3. The molecule has 3 aliphatic rings. The second kappa shape index (κ2) is 8.68. The van der Waals surface area contributed by atoms with Crippen LogP contribution < -0.4 is 0 Å². The average molecular weight is 309 g/mol. The van der Waals surface area contributed by atoms with Crippen LogP contribution in [0, 0.1) is 17.8 Å². The van der Waals surface area contributed by atoms with Gasteiger partial charge in [0.15, 0.2) is 0 Å². The summed E-state index contributed by atoms with van der Waals surface area (Å²) in [5.41, 5.74) is 0. The standard InChI is InChI=1S/C20H36O2/c1-16-9-12-20(22-14-16)18-10-11-19(21-15-18)13-17-7-5-3-2-4-6-8-17/h16-20H,2-15H2,1H3/t16-,18+,19?,20-/m0/s1. The van der Waals surface area contributed by atoms with E-state index in [9.17, 15) is 0 Å². The van der Waals surface area contributed by atoms with E-state index in [2.05, 4.69) is 6.92 Å². The van der Waals surface area contributed by atoms with Gasteiger partial charge in [-0.25, -0.2) is 0 Å². The largest absolute Gasteiger partial charge is 0.378 e. The summed E-state index contributed by atoms with van der Waals surface area (Å²) in [7, 11) is 0. The first-order valence-corrected chi connectivity index (χ1v) is 10.0. The molecule has 2 saturated heterocycles. The lowest BCUT2D eigenvalue weighted by Crippen LogP contribution is -2.38. The lowest BCUT2D eigenvalue weighted by Gasteiger charge is -2.38. The molecule has 2 aliphatic heterocycles. The molecule has 3 fully saturated rings. The molecule has 1 saturated carbocycles. The number of rotatable bonds is 3. The van der Waals surface area contributed by atoms with E-state index in [4.69, 9.17) is 9.47 Å². The van der Waals surface area contributed by atoms with Crippen LogP contribution in [0.25, 0.3) is 0 Å². The molecule has 0 amide bonds. The highest BCUT2D eigenvalue weighted by Crippen LogP contribution is 2.34. The molecular weight excluding hydrogens is 272 g/mol. The Morgan fingerprint density at radius 3 is 2.14 bits per heavy atom. The molecule has 0 bridgehead atoms. The fraction of sp³-hybridized carbons (Fsp3) is 1.00. The number of ether oxygens (including phenoxy) is 2. The van der Waals surface area contributed by atoms with Gasteiger partial charge in [-0.15, -0.1) is 0 Å². The summed E-state index contributed by atoms with van der Waals surface area (Å²) >= 11 is 0. The van der Waals surface area contributed by atoms with Crippen molar-refractivity contribution in [2.24, 2.45) is 17.8 Å². The third kappa shape index (κ3) is 4.96. The van der Waals surface area contributed by atoms with E-state index in [1.807, 2.05) is 0 Å². The van der Waals surface area contributed by atoms with Crippen molar-refractivity contribution < 1.29 is 9.47 Å².